The molecule has 4 rings (SSSR count). The van der Waals surface area contributed by atoms with Crippen molar-refractivity contribution in [1.29, 1.82) is 0 Å². The molecule has 3 aromatic carbocycles. The summed E-state index contributed by atoms with van der Waals surface area (Å²) in [7, 11) is 0. The van der Waals surface area contributed by atoms with Gasteiger partial charge >= 0.3 is 6.18 Å². The predicted molar refractivity (Wildman–Crippen MR) is 115 cm³/mol. The van der Waals surface area contributed by atoms with Crippen molar-refractivity contribution in [1.82, 2.24) is 9.97 Å². The summed E-state index contributed by atoms with van der Waals surface area (Å²) in [6, 6.07) is 20.9. The molecule has 0 aliphatic heterocycles. The number of halogens is 3. The first-order chi connectivity index (χ1) is 14.4. The number of benzene rings is 3. The van der Waals surface area contributed by atoms with Crippen molar-refractivity contribution in [3.05, 3.63) is 89.5 Å². The van der Waals surface area contributed by atoms with Crippen LogP contribution in [-0.4, -0.2) is 9.97 Å². The Balaban J connectivity index is 1.57. The molecule has 0 aliphatic carbocycles. The lowest BCUT2D eigenvalue weighted by molar-refractivity contribution is -0.137. The van der Waals surface area contributed by atoms with Crippen molar-refractivity contribution in [2.75, 3.05) is 5.32 Å². The van der Waals surface area contributed by atoms with Crippen LogP contribution in [0.25, 0.3) is 10.9 Å². The molecule has 1 N–H and O–H groups in total. The van der Waals surface area contributed by atoms with Crippen LogP contribution in [-0.2, 0) is 11.9 Å². The van der Waals surface area contributed by atoms with Gasteiger partial charge in [-0.2, -0.15) is 13.2 Å². The van der Waals surface area contributed by atoms with E-state index in [1.807, 2.05) is 55.5 Å². The molecule has 1 heterocycles. The molecule has 0 radical (unpaired) electrons. The molecule has 7 heteroatoms. The number of rotatable bonds is 5. The van der Waals surface area contributed by atoms with Crippen molar-refractivity contribution in [2.45, 2.75) is 24.0 Å². The van der Waals surface area contributed by atoms with E-state index in [1.165, 1.54) is 29.5 Å². The van der Waals surface area contributed by atoms with Crippen molar-refractivity contribution >= 4 is 34.2 Å². The fourth-order valence-corrected chi connectivity index (χ4v) is 3.73. The third-order valence-corrected chi connectivity index (χ3v) is 5.46. The predicted octanol–water partition coefficient (Wildman–Crippen LogP) is 6.99. The molecule has 30 heavy (non-hydrogen) atoms. The maximum atomic E-state index is 12.7. The maximum absolute atomic E-state index is 12.7. The lowest BCUT2D eigenvalue weighted by Gasteiger charge is -2.11. The molecule has 0 fully saturated rings. The van der Waals surface area contributed by atoms with E-state index in [4.69, 9.17) is 0 Å². The van der Waals surface area contributed by atoms with Gasteiger partial charge in [0.05, 0.1) is 11.1 Å². The zero-order valence-corrected chi connectivity index (χ0v) is 16.9. The molecule has 0 unspecified atom stereocenters. The SMILES string of the molecule is Cc1ccc(Nc2nc(SCc3ccc(C(F)(F)F)cc3)nc3ccccc23)cc1. The van der Waals surface area contributed by atoms with Gasteiger partial charge in [0.25, 0.3) is 0 Å². The maximum Gasteiger partial charge on any atom is 0.416 e. The molecule has 0 aliphatic rings. The minimum Gasteiger partial charge on any atom is -0.340 e. The molecular formula is C23H18F3N3S. The first-order valence-corrected chi connectivity index (χ1v) is 10.3. The van der Waals surface area contributed by atoms with Gasteiger partial charge in [-0.05, 0) is 48.9 Å². The van der Waals surface area contributed by atoms with Gasteiger partial charge in [-0.3, -0.25) is 0 Å². The molecule has 4 aromatic rings. The number of hydrogen-bond donors (Lipinski definition) is 1. The van der Waals surface area contributed by atoms with Gasteiger partial charge in [0.1, 0.15) is 5.82 Å². The topological polar surface area (TPSA) is 37.8 Å². The Morgan fingerprint density at radius 1 is 0.867 bits per heavy atom. The van der Waals surface area contributed by atoms with Crippen LogP contribution >= 0.6 is 11.8 Å². The van der Waals surface area contributed by atoms with E-state index in [0.29, 0.717) is 16.7 Å². The summed E-state index contributed by atoms with van der Waals surface area (Å²) in [5.74, 6) is 1.17. The largest absolute Gasteiger partial charge is 0.416 e. The van der Waals surface area contributed by atoms with Crippen LogP contribution in [0.2, 0.25) is 0 Å². The smallest absolute Gasteiger partial charge is 0.340 e. The fourth-order valence-electron chi connectivity index (χ4n) is 2.93. The number of anilines is 2. The van der Waals surface area contributed by atoms with Crippen molar-refractivity contribution in [2.24, 2.45) is 0 Å². The first kappa shape index (κ1) is 20.2. The molecule has 0 amide bonds. The number of thioether (sulfide) groups is 1. The molecule has 0 saturated heterocycles. The highest BCUT2D eigenvalue weighted by atomic mass is 32.2. The van der Waals surface area contributed by atoms with Crippen molar-refractivity contribution in [3.8, 4) is 0 Å². The van der Waals surface area contributed by atoms with Crippen LogP contribution < -0.4 is 5.32 Å². The highest BCUT2D eigenvalue weighted by Gasteiger charge is 2.29. The average molecular weight is 425 g/mol. The van der Waals surface area contributed by atoms with E-state index in [2.05, 4.69) is 15.3 Å². The van der Waals surface area contributed by atoms with E-state index in [0.717, 1.165) is 34.3 Å². The first-order valence-electron chi connectivity index (χ1n) is 9.28. The number of aromatic nitrogens is 2. The number of nitrogens with one attached hydrogen (secondary N) is 1. The van der Waals surface area contributed by atoms with E-state index in [-0.39, 0.29) is 0 Å². The van der Waals surface area contributed by atoms with E-state index < -0.39 is 11.7 Å². The van der Waals surface area contributed by atoms with Gasteiger partial charge in [-0.15, -0.1) is 0 Å². The van der Waals surface area contributed by atoms with Crippen molar-refractivity contribution in [3.63, 3.8) is 0 Å². The monoisotopic (exact) mass is 425 g/mol. The molecular weight excluding hydrogens is 407 g/mol. The molecule has 1 aromatic heterocycles. The second-order valence-electron chi connectivity index (χ2n) is 6.85. The summed E-state index contributed by atoms with van der Waals surface area (Å²) in [6.07, 6.45) is -4.33. The van der Waals surface area contributed by atoms with Crippen LogP contribution in [0.3, 0.4) is 0 Å². The number of aryl methyl sites for hydroxylation is 1. The van der Waals surface area contributed by atoms with Gasteiger partial charge in [0.15, 0.2) is 5.16 Å². The Bertz CT molecular complexity index is 1160. The van der Waals surface area contributed by atoms with Gasteiger partial charge in [0, 0.05) is 16.8 Å². The molecule has 0 spiro atoms. The second kappa shape index (κ2) is 8.36. The van der Waals surface area contributed by atoms with Crippen LogP contribution in [0.4, 0.5) is 24.7 Å². The number of fused-ring (bicyclic) bond motifs is 1. The summed E-state index contributed by atoms with van der Waals surface area (Å²) in [6.45, 7) is 2.03. The Labute approximate surface area is 176 Å². The number of hydrogen-bond acceptors (Lipinski definition) is 4. The van der Waals surface area contributed by atoms with Gasteiger partial charge in [0.2, 0.25) is 0 Å². The zero-order valence-electron chi connectivity index (χ0n) is 16.1. The standard InChI is InChI=1S/C23H18F3N3S/c1-15-6-12-18(13-7-15)27-21-19-4-2-3-5-20(19)28-22(29-21)30-14-16-8-10-17(11-9-16)23(24,25)26/h2-13H,14H2,1H3,(H,27,28,29). The van der Waals surface area contributed by atoms with Gasteiger partial charge in [-0.25, -0.2) is 9.97 Å². The highest BCUT2D eigenvalue weighted by molar-refractivity contribution is 7.98. The normalized spacial score (nSPS) is 11.6. The third kappa shape index (κ3) is 4.74. The van der Waals surface area contributed by atoms with E-state index in [9.17, 15) is 13.2 Å². The lowest BCUT2D eigenvalue weighted by atomic mass is 10.1. The highest BCUT2D eigenvalue weighted by Crippen LogP contribution is 2.31. The Morgan fingerprint density at radius 3 is 2.27 bits per heavy atom. The number of alkyl halides is 3. The van der Waals surface area contributed by atoms with Crippen LogP contribution in [0.5, 0.6) is 0 Å². The lowest BCUT2D eigenvalue weighted by Crippen LogP contribution is -2.04. The molecule has 3 nitrogen and oxygen atoms in total. The molecule has 0 bridgehead atoms. The zero-order chi connectivity index (χ0) is 21.1. The fraction of sp³-hybridized carbons (Fsp3) is 0.130. The molecule has 152 valence electrons. The van der Waals surface area contributed by atoms with E-state index in [1.54, 1.807) is 0 Å². The quantitative estimate of drug-likeness (QED) is 0.276. The van der Waals surface area contributed by atoms with E-state index >= 15 is 0 Å². The minimum atomic E-state index is -4.33. The number of nitrogens with zero attached hydrogens (tertiary/aromatic N) is 2. The van der Waals surface area contributed by atoms with Gasteiger partial charge < -0.3 is 5.32 Å². The Morgan fingerprint density at radius 2 is 1.57 bits per heavy atom. The Kier molecular flexibility index (Phi) is 5.63. The second-order valence-corrected chi connectivity index (χ2v) is 7.79. The van der Waals surface area contributed by atoms with Crippen molar-refractivity contribution < 1.29 is 13.2 Å². The third-order valence-electron chi connectivity index (χ3n) is 4.55. The minimum absolute atomic E-state index is 0.473. The number of para-hydroxylation sites is 1. The van der Waals surface area contributed by atoms with Gasteiger partial charge in [-0.1, -0.05) is 53.7 Å². The average Bonchev–Trinajstić information content (AvgIpc) is 2.73. The Hall–Kier alpha value is -3.06. The van der Waals surface area contributed by atoms with Crippen LogP contribution in [0.1, 0.15) is 16.7 Å². The summed E-state index contributed by atoms with van der Waals surface area (Å²) in [4.78, 5) is 9.25. The summed E-state index contributed by atoms with van der Waals surface area (Å²) < 4.78 is 38.2. The summed E-state index contributed by atoms with van der Waals surface area (Å²) in [5, 5.41) is 4.81. The summed E-state index contributed by atoms with van der Waals surface area (Å²) >= 11 is 1.39. The summed E-state index contributed by atoms with van der Waals surface area (Å²) in [5.41, 5.74) is 3.02. The molecule has 0 saturated carbocycles. The van der Waals surface area contributed by atoms with Crippen LogP contribution in [0.15, 0.2) is 78.0 Å². The molecule has 0 atom stereocenters. The van der Waals surface area contributed by atoms with Crippen LogP contribution in [0, 0.1) is 6.92 Å².